The van der Waals surface area contributed by atoms with E-state index in [-0.39, 0.29) is 24.7 Å². The van der Waals surface area contributed by atoms with Crippen LogP contribution in [0.4, 0.5) is 0 Å². The van der Waals surface area contributed by atoms with Crippen molar-refractivity contribution in [2.75, 3.05) is 13.1 Å². The van der Waals surface area contributed by atoms with E-state index in [4.69, 9.17) is 0 Å². The predicted molar refractivity (Wildman–Crippen MR) is 41.3 cm³/mol. The van der Waals surface area contributed by atoms with Gasteiger partial charge in [0, 0.05) is 13.1 Å². The Morgan fingerprint density at radius 3 is 1.82 bits per heavy atom. The molecule has 2 nitrogen and oxygen atoms in total. The van der Waals surface area contributed by atoms with Gasteiger partial charge in [-0.05, 0) is 18.7 Å². The van der Waals surface area contributed by atoms with Gasteiger partial charge in [0.2, 0.25) is 0 Å². The van der Waals surface area contributed by atoms with E-state index < -0.39 is 0 Å². The van der Waals surface area contributed by atoms with Gasteiger partial charge in [0.25, 0.3) is 0 Å². The fraction of sp³-hybridized carbons (Fsp3) is 0.750. The summed E-state index contributed by atoms with van der Waals surface area (Å²) >= 11 is 0. The quantitative estimate of drug-likeness (QED) is 0.332. The average molecular weight is 149 g/mol. The van der Waals surface area contributed by atoms with Gasteiger partial charge in [-0.2, -0.15) is 0 Å². The molecule has 0 saturated heterocycles. The van der Waals surface area contributed by atoms with Crippen LogP contribution in [-0.2, 0) is 0 Å². The van der Waals surface area contributed by atoms with E-state index in [1.807, 2.05) is 0 Å². The van der Waals surface area contributed by atoms with Crippen LogP contribution in [0.2, 0.25) is 0 Å². The molecule has 0 aromatic carbocycles. The van der Waals surface area contributed by atoms with Crippen molar-refractivity contribution in [2.45, 2.75) is 26.7 Å². The Kier molecular flexibility index (Phi) is 9.88. The molecule has 0 N–H and O–H groups in total. The van der Waals surface area contributed by atoms with Gasteiger partial charge >= 0.3 is 18.9 Å². The number of hydrogen-bond donors (Lipinski definition) is 0. The Bertz CT molecular complexity index is 100. The molecule has 0 spiro atoms. The summed E-state index contributed by atoms with van der Waals surface area (Å²) in [6.45, 7) is 9.17. The van der Waals surface area contributed by atoms with E-state index in [1.54, 1.807) is 4.90 Å². The second-order valence-corrected chi connectivity index (χ2v) is 2.38. The van der Waals surface area contributed by atoms with Crippen molar-refractivity contribution in [2.24, 2.45) is 0 Å². The molecule has 11 heavy (non-hydrogen) atoms. The van der Waals surface area contributed by atoms with Gasteiger partial charge in [-0.1, -0.05) is 20.4 Å². The fourth-order valence-electron chi connectivity index (χ4n) is 0.901. The third-order valence-corrected chi connectivity index (χ3v) is 1.34. The molecule has 0 atom stereocenters. The standard InChI is InChI=1S/C8H17NO.Li/c1-4-6-9(7-5-2)8(3)10;/h10H,3-7H2,1-2H3;/q;+1/p-1. The molecular weight excluding hydrogens is 133 g/mol. The Balaban J connectivity index is 0. The van der Waals surface area contributed by atoms with E-state index in [2.05, 4.69) is 20.4 Å². The summed E-state index contributed by atoms with van der Waals surface area (Å²) in [6.07, 6.45) is 2.03. The molecule has 0 aliphatic rings. The van der Waals surface area contributed by atoms with Crippen LogP contribution < -0.4 is 24.0 Å². The topological polar surface area (TPSA) is 26.3 Å². The van der Waals surface area contributed by atoms with Gasteiger partial charge in [-0.15, -0.1) is 0 Å². The van der Waals surface area contributed by atoms with Crippen molar-refractivity contribution < 1.29 is 24.0 Å². The van der Waals surface area contributed by atoms with Gasteiger partial charge < -0.3 is 10.0 Å². The van der Waals surface area contributed by atoms with Gasteiger partial charge in [0.1, 0.15) is 0 Å². The largest absolute Gasteiger partial charge is 1.00 e. The molecular formula is C8H16LiNO. The van der Waals surface area contributed by atoms with Crippen LogP contribution in [-0.4, -0.2) is 18.0 Å². The normalized spacial score (nSPS) is 8.55. The van der Waals surface area contributed by atoms with Crippen LogP contribution >= 0.6 is 0 Å². The molecule has 0 aliphatic carbocycles. The first-order valence-corrected chi connectivity index (χ1v) is 3.83. The Morgan fingerprint density at radius 1 is 1.27 bits per heavy atom. The van der Waals surface area contributed by atoms with E-state index in [0.29, 0.717) is 0 Å². The minimum atomic E-state index is -0.0521. The Labute approximate surface area is 81.5 Å². The number of nitrogens with zero attached hydrogens (tertiary/aromatic N) is 1. The van der Waals surface area contributed by atoms with Gasteiger partial charge in [0.05, 0.1) is 0 Å². The number of hydrogen-bond acceptors (Lipinski definition) is 2. The molecule has 0 aliphatic heterocycles. The molecule has 0 aromatic heterocycles. The Morgan fingerprint density at radius 2 is 1.64 bits per heavy atom. The molecule has 0 amide bonds. The first-order chi connectivity index (χ1) is 4.72. The van der Waals surface area contributed by atoms with Crippen molar-refractivity contribution in [3.63, 3.8) is 0 Å². The van der Waals surface area contributed by atoms with Crippen LogP contribution in [0.15, 0.2) is 12.5 Å². The van der Waals surface area contributed by atoms with Crippen LogP contribution in [0.1, 0.15) is 26.7 Å². The van der Waals surface area contributed by atoms with Crippen molar-refractivity contribution in [3.05, 3.63) is 12.5 Å². The first-order valence-electron chi connectivity index (χ1n) is 3.83. The summed E-state index contributed by atoms with van der Waals surface area (Å²) in [7, 11) is 0. The summed E-state index contributed by atoms with van der Waals surface area (Å²) in [5.41, 5.74) is 0. The van der Waals surface area contributed by atoms with Gasteiger partial charge in [0.15, 0.2) is 0 Å². The van der Waals surface area contributed by atoms with Crippen LogP contribution in [0, 0.1) is 0 Å². The Hall–Kier alpha value is -0.0626. The number of rotatable bonds is 5. The van der Waals surface area contributed by atoms with E-state index in [0.717, 1.165) is 25.9 Å². The molecule has 0 saturated carbocycles. The second kappa shape index (κ2) is 8.04. The molecule has 0 unspecified atom stereocenters. The molecule has 0 heterocycles. The second-order valence-electron chi connectivity index (χ2n) is 2.38. The van der Waals surface area contributed by atoms with Gasteiger partial charge in [-0.3, -0.25) is 0 Å². The smallest absolute Gasteiger partial charge is 0.861 e. The first kappa shape index (κ1) is 13.5. The van der Waals surface area contributed by atoms with E-state index in [1.165, 1.54) is 0 Å². The zero-order valence-corrected chi connectivity index (χ0v) is 7.89. The molecule has 3 heteroatoms. The zero-order valence-electron chi connectivity index (χ0n) is 7.89. The maximum atomic E-state index is 10.7. The van der Waals surface area contributed by atoms with E-state index >= 15 is 0 Å². The van der Waals surface area contributed by atoms with E-state index in [9.17, 15) is 5.11 Å². The summed E-state index contributed by atoms with van der Waals surface area (Å²) in [4.78, 5) is 1.78. The molecule has 0 bridgehead atoms. The summed E-state index contributed by atoms with van der Waals surface area (Å²) in [5, 5.41) is 10.7. The monoisotopic (exact) mass is 149 g/mol. The fourth-order valence-corrected chi connectivity index (χ4v) is 0.901. The van der Waals surface area contributed by atoms with Crippen molar-refractivity contribution in [1.82, 2.24) is 4.90 Å². The molecule has 0 fully saturated rings. The summed E-state index contributed by atoms with van der Waals surface area (Å²) in [6, 6.07) is 0. The molecule has 0 radical (unpaired) electrons. The predicted octanol–water partition coefficient (Wildman–Crippen LogP) is -2.06. The third-order valence-electron chi connectivity index (χ3n) is 1.34. The van der Waals surface area contributed by atoms with Gasteiger partial charge in [-0.25, -0.2) is 0 Å². The maximum Gasteiger partial charge on any atom is 1.00 e. The van der Waals surface area contributed by atoms with Crippen LogP contribution in [0.25, 0.3) is 0 Å². The van der Waals surface area contributed by atoms with Crippen LogP contribution in [0.3, 0.4) is 0 Å². The van der Waals surface area contributed by atoms with Crippen molar-refractivity contribution in [3.8, 4) is 0 Å². The molecule has 0 aromatic rings. The van der Waals surface area contributed by atoms with Crippen molar-refractivity contribution >= 4 is 0 Å². The molecule has 60 valence electrons. The SMILES string of the molecule is C=C([O-])N(CCC)CCC.[Li+]. The van der Waals surface area contributed by atoms with Crippen LogP contribution in [0.5, 0.6) is 0 Å². The zero-order chi connectivity index (χ0) is 7.98. The molecule has 0 rings (SSSR count). The minimum absolute atomic E-state index is 0. The average Bonchev–Trinajstić information content (AvgIpc) is 1.87. The summed E-state index contributed by atoms with van der Waals surface area (Å²) < 4.78 is 0. The summed E-state index contributed by atoms with van der Waals surface area (Å²) in [5.74, 6) is -0.0521. The van der Waals surface area contributed by atoms with Crippen molar-refractivity contribution in [1.29, 1.82) is 0 Å². The third kappa shape index (κ3) is 6.34. The maximum absolute atomic E-state index is 10.7. The minimum Gasteiger partial charge on any atom is -0.861 e.